The van der Waals surface area contributed by atoms with Crippen molar-refractivity contribution in [3.05, 3.63) is 35.1 Å². The molecule has 116 valence electrons. The van der Waals surface area contributed by atoms with Crippen LogP contribution in [0.25, 0.3) is 0 Å². The highest BCUT2D eigenvalue weighted by Crippen LogP contribution is 2.37. The van der Waals surface area contributed by atoms with E-state index in [0.717, 1.165) is 19.6 Å². The Labute approximate surface area is 125 Å². The maximum absolute atomic E-state index is 13.9. The van der Waals surface area contributed by atoms with Crippen molar-refractivity contribution in [2.24, 2.45) is 5.73 Å². The Bertz CT molecular complexity index is 516. The molecule has 1 aromatic rings. The first kappa shape index (κ1) is 15.9. The molecule has 1 unspecified atom stereocenters. The molecule has 0 spiro atoms. The summed E-state index contributed by atoms with van der Waals surface area (Å²) in [7, 11) is 0. The van der Waals surface area contributed by atoms with Crippen molar-refractivity contribution in [3.63, 3.8) is 0 Å². The van der Waals surface area contributed by atoms with Crippen molar-refractivity contribution in [2.45, 2.75) is 32.2 Å². The van der Waals surface area contributed by atoms with Gasteiger partial charge in [-0.25, -0.2) is 4.39 Å². The third-order valence-corrected chi connectivity index (χ3v) is 4.50. The van der Waals surface area contributed by atoms with E-state index in [1.165, 1.54) is 6.07 Å². The standard InChI is InChI=1S/C16H24FN3O/c1-3-20(4-2)11-10-19-16(15(18)21)9-8-12-13(16)6-5-7-14(12)17/h5-7,19H,3-4,8-11H2,1-2H3,(H2,18,21). The first-order chi connectivity index (χ1) is 10.0. The number of nitrogens with zero attached hydrogens (tertiary/aromatic N) is 1. The normalized spacial score (nSPS) is 20.8. The number of nitrogens with one attached hydrogen (secondary N) is 1. The van der Waals surface area contributed by atoms with Gasteiger partial charge in [-0.3, -0.25) is 10.1 Å². The van der Waals surface area contributed by atoms with Gasteiger partial charge in [-0.2, -0.15) is 0 Å². The number of halogens is 1. The van der Waals surface area contributed by atoms with E-state index in [9.17, 15) is 9.18 Å². The van der Waals surface area contributed by atoms with Crippen LogP contribution in [0.5, 0.6) is 0 Å². The first-order valence-electron chi connectivity index (χ1n) is 7.60. The van der Waals surface area contributed by atoms with Gasteiger partial charge in [-0.15, -0.1) is 0 Å². The Morgan fingerprint density at radius 3 is 2.76 bits per heavy atom. The molecule has 0 radical (unpaired) electrons. The van der Waals surface area contributed by atoms with Gasteiger partial charge in [-0.1, -0.05) is 26.0 Å². The Morgan fingerprint density at radius 2 is 2.14 bits per heavy atom. The molecule has 0 fully saturated rings. The molecule has 4 nitrogen and oxygen atoms in total. The quantitative estimate of drug-likeness (QED) is 0.798. The number of carbonyl (C=O) groups excluding carboxylic acids is 1. The van der Waals surface area contributed by atoms with E-state index in [2.05, 4.69) is 24.1 Å². The zero-order valence-corrected chi connectivity index (χ0v) is 12.8. The lowest BCUT2D eigenvalue weighted by atomic mass is 9.90. The van der Waals surface area contributed by atoms with Crippen LogP contribution in [-0.4, -0.2) is 37.0 Å². The Kier molecular flexibility index (Phi) is 4.96. The minimum absolute atomic E-state index is 0.249. The molecule has 1 atom stereocenters. The number of hydrogen-bond acceptors (Lipinski definition) is 3. The predicted octanol–water partition coefficient (Wildman–Crippen LogP) is 1.38. The number of fused-ring (bicyclic) bond motifs is 1. The summed E-state index contributed by atoms with van der Waals surface area (Å²) >= 11 is 0. The maximum atomic E-state index is 13.9. The second-order valence-electron chi connectivity index (χ2n) is 5.49. The van der Waals surface area contributed by atoms with Crippen LogP contribution in [0.15, 0.2) is 18.2 Å². The number of benzene rings is 1. The SMILES string of the molecule is CCN(CC)CCNC1(C(N)=O)CCc2c(F)cccc21. The second kappa shape index (κ2) is 6.54. The smallest absolute Gasteiger partial charge is 0.242 e. The van der Waals surface area contributed by atoms with Crippen molar-refractivity contribution < 1.29 is 9.18 Å². The molecule has 0 heterocycles. The van der Waals surface area contributed by atoms with Crippen LogP contribution in [0, 0.1) is 5.82 Å². The molecule has 2 rings (SSSR count). The summed E-state index contributed by atoms with van der Waals surface area (Å²) in [5.74, 6) is -0.674. The summed E-state index contributed by atoms with van der Waals surface area (Å²) in [5.41, 5.74) is 6.04. The fourth-order valence-electron chi connectivity index (χ4n) is 3.15. The van der Waals surface area contributed by atoms with Crippen LogP contribution in [0.2, 0.25) is 0 Å². The van der Waals surface area contributed by atoms with Crippen molar-refractivity contribution in [1.29, 1.82) is 0 Å². The van der Waals surface area contributed by atoms with E-state index >= 15 is 0 Å². The third-order valence-electron chi connectivity index (χ3n) is 4.50. The zero-order valence-electron chi connectivity index (χ0n) is 12.8. The largest absolute Gasteiger partial charge is 0.368 e. The minimum atomic E-state index is -0.926. The number of nitrogens with two attached hydrogens (primary N) is 1. The molecule has 1 amide bonds. The maximum Gasteiger partial charge on any atom is 0.242 e. The van der Waals surface area contributed by atoms with Crippen molar-refractivity contribution in [1.82, 2.24) is 10.2 Å². The predicted molar refractivity (Wildman–Crippen MR) is 81.4 cm³/mol. The number of hydrogen-bond donors (Lipinski definition) is 2. The topological polar surface area (TPSA) is 58.4 Å². The van der Waals surface area contributed by atoms with Crippen molar-refractivity contribution in [2.75, 3.05) is 26.2 Å². The van der Waals surface area contributed by atoms with E-state index in [0.29, 0.717) is 30.5 Å². The Balaban J connectivity index is 2.18. The van der Waals surface area contributed by atoms with Gasteiger partial charge in [0.1, 0.15) is 11.4 Å². The highest BCUT2D eigenvalue weighted by molar-refractivity contribution is 5.87. The van der Waals surface area contributed by atoms with E-state index in [1.807, 2.05) is 0 Å². The highest BCUT2D eigenvalue weighted by atomic mass is 19.1. The lowest BCUT2D eigenvalue weighted by molar-refractivity contribution is -0.124. The fraction of sp³-hybridized carbons (Fsp3) is 0.562. The number of primary amides is 1. The molecule has 5 heteroatoms. The monoisotopic (exact) mass is 293 g/mol. The molecule has 1 aromatic carbocycles. The fourth-order valence-corrected chi connectivity index (χ4v) is 3.15. The number of likely N-dealkylation sites (N-methyl/N-ethyl adjacent to an activating group) is 1. The molecule has 1 aliphatic rings. The molecule has 0 aromatic heterocycles. The summed E-state index contributed by atoms with van der Waals surface area (Å²) < 4.78 is 13.9. The van der Waals surface area contributed by atoms with Gasteiger partial charge in [0.2, 0.25) is 5.91 Å². The third kappa shape index (κ3) is 2.94. The molecule has 0 saturated carbocycles. The van der Waals surface area contributed by atoms with Gasteiger partial charge in [0, 0.05) is 13.1 Å². The van der Waals surface area contributed by atoms with E-state index in [4.69, 9.17) is 5.73 Å². The summed E-state index contributed by atoms with van der Waals surface area (Å²) in [5, 5.41) is 3.29. The second-order valence-corrected chi connectivity index (χ2v) is 5.49. The molecule has 0 saturated heterocycles. The van der Waals surface area contributed by atoms with Crippen LogP contribution in [-0.2, 0) is 16.8 Å². The van der Waals surface area contributed by atoms with Gasteiger partial charge in [0.15, 0.2) is 0 Å². The van der Waals surface area contributed by atoms with Crippen LogP contribution in [0.1, 0.15) is 31.4 Å². The highest BCUT2D eigenvalue weighted by Gasteiger charge is 2.44. The van der Waals surface area contributed by atoms with Gasteiger partial charge in [0.05, 0.1) is 0 Å². The van der Waals surface area contributed by atoms with Crippen molar-refractivity contribution >= 4 is 5.91 Å². The zero-order chi connectivity index (χ0) is 15.5. The number of amides is 1. The van der Waals surface area contributed by atoms with Crippen LogP contribution >= 0.6 is 0 Å². The minimum Gasteiger partial charge on any atom is -0.368 e. The molecular formula is C16H24FN3O. The van der Waals surface area contributed by atoms with E-state index in [1.54, 1.807) is 12.1 Å². The lowest BCUT2D eigenvalue weighted by Gasteiger charge is -2.30. The van der Waals surface area contributed by atoms with E-state index < -0.39 is 11.4 Å². The van der Waals surface area contributed by atoms with Gasteiger partial charge in [0.25, 0.3) is 0 Å². The first-order valence-corrected chi connectivity index (χ1v) is 7.60. The molecule has 21 heavy (non-hydrogen) atoms. The average Bonchev–Trinajstić information content (AvgIpc) is 2.85. The molecule has 0 bridgehead atoms. The number of rotatable bonds is 7. The van der Waals surface area contributed by atoms with Crippen molar-refractivity contribution in [3.8, 4) is 0 Å². The van der Waals surface area contributed by atoms with Gasteiger partial charge in [-0.05, 0) is 43.1 Å². The van der Waals surface area contributed by atoms with Gasteiger partial charge >= 0.3 is 0 Å². The Hall–Kier alpha value is -1.46. The van der Waals surface area contributed by atoms with Crippen LogP contribution < -0.4 is 11.1 Å². The summed E-state index contributed by atoms with van der Waals surface area (Å²) in [4.78, 5) is 14.3. The van der Waals surface area contributed by atoms with Crippen LogP contribution in [0.3, 0.4) is 0 Å². The molecule has 0 aliphatic heterocycles. The molecule has 1 aliphatic carbocycles. The van der Waals surface area contributed by atoms with E-state index in [-0.39, 0.29) is 5.82 Å². The molecule has 3 N–H and O–H groups in total. The summed E-state index contributed by atoms with van der Waals surface area (Å²) in [6, 6.07) is 4.88. The van der Waals surface area contributed by atoms with Crippen LogP contribution in [0.4, 0.5) is 4.39 Å². The average molecular weight is 293 g/mol. The summed E-state index contributed by atoms with van der Waals surface area (Å²) in [6.07, 6.45) is 1.07. The number of carbonyl (C=O) groups is 1. The Morgan fingerprint density at radius 1 is 1.43 bits per heavy atom. The summed E-state index contributed by atoms with van der Waals surface area (Å²) in [6.45, 7) is 7.63. The molecular weight excluding hydrogens is 269 g/mol. The lowest BCUT2D eigenvalue weighted by Crippen LogP contribution is -2.53. The van der Waals surface area contributed by atoms with Gasteiger partial charge < -0.3 is 10.6 Å².